The van der Waals surface area contributed by atoms with Crippen LogP contribution in [0.3, 0.4) is 0 Å². The lowest BCUT2D eigenvalue weighted by molar-refractivity contribution is -0.157. The highest BCUT2D eigenvalue weighted by Crippen LogP contribution is 2.16. The Morgan fingerprint density at radius 3 is 2.05 bits per heavy atom. The van der Waals surface area contributed by atoms with Crippen LogP contribution in [0.15, 0.2) is 36.4 Å². The lowest BCUT2D eigenvalue weighted by atomic mass is 10.0. The topological polar surface area (TPSA) is 135 Å². The lowest BCUT2D eigenvalue weighted by Crippen LogP contribution is -2.47. The molecule has 0 aliphatic carbocycles. The third-order valence-electron chi connectivity index (χ3n) is 4.63. The average Bonchev–Trinajstić information content (AvgIpc) is 3.25. The standard InChI is InChI=1S/C27H33N3O6S/c1-26(2,3)35-24(33)21(30-25(34)36-27(4,5)6)14-18-9-7-17(8-10-18)13-19(31)16-29-23(32)22-12-11-20(15-28)37-22/h7-12,21H,13-14,16H2,1-6H3,(H,29,32)(H,30,34)/t21-/m0/s1. The number of ether oxygens (including phenoxy) is 2. The molecule has 2 aromatic rings. The molecule has 1 heterocycles. The van der Waals surface area contributed by atoms with E-state index in [4.69, 9.17) is 14.7 Å². The van der Waals surface area contributed by atoms with E-state index >= 15 is 0 Å². The zero-order valence-electron chi connectivity index (χ0n) is 22.0. The van der Waals surface area contributed by atoms with E-state index in [2.05, 4.69) is 10.6 Å². The molecule has 0 aliphatic heterocycles. The average molecular weight is 528 g/mol. The minimum atomic E-state index is -0.962. The number of Topliss-reactive ketones (excluding diaryl/α,β-unsaturated/α-hetero) is 1. The molecule has 10 heteroatoms. The van der Waals surface area contributed by atoms with E-state index < -0.39 is 35.2 Å². The van der Waals surface area contributed by atoms with Crippen molar-refractivity contribution in [3.63, 3.8) is 0 Å². The highest BCUT2D eigenvalue weighted by molar-refractivity contribution is 7.14. The summed E-state index contributed by atoms with van der Waals surface area (Å²) in [5.41, 5.74) is 0.0355. The van der Waals surface area contributed by atoms with Gasteiger partial charge in [-0.1, -0.05) is 24.3 Å². The van der Waals surface area contributed by atoms with E-state index in [9.17, 15) is 19.2 Å². The number of thiophene rings is 1. The normalized spacial score (nSPS) is 12.1. The molecule has 1 aromatic carbocycles. The van der Waals surface area contributed by atoms with Crippen molar-refractivity contribution in [2.24, 2.45) is 0 Å². The van der Waals surface area contributed by atoms with Crippen LogP contribution in [0.4, 0.5) is 4.79 Å². The van der Waals surface area contributed by atoms with Crippen molar-refractivity contribution in [2.75, 3.05) is 6.54 Å². The number of carbonyl (C=O) groups excluding carboxylic acids is 4. The number of rotatable bonds is 9. The van der Waals surface area contributed by atoms with Gasteiger partial charge in [-0.05, 0) is 64.8 Å². The molecule has 1 aromatic heterocycles. The third-order valence-corrected chi connectivity index (χ3v) is 5.62. The van der Waals surface area contributed by atoms with Gasteiger partial charge in [-0.2, -0.15) is 5.26 Å². The van der Waals surface area contributed by atoms with Crippen LogP contribution >= 0.6 is 11.3 Å². The van der Waals surface area contributed by atoms with Gasteiger partial charge in [0.1, 0.15) is 28.2 Å². The van der Waals surface area contributed by atoms with Crippen LogP contribution in [-0.2, 0) is 31.9 Å². The third kappa shape index (κ3) is 10.8. The van der Waals surface area contributed by atoms with E-state index in [1.54, 1.807) is 77.9 Å². The van der Waals surface area contributed by atoms with Crippen LogP contribution in [-0.4, -0.2) is 47.5 Å². The minimum absolute atomic E-state index is 0.111. The Morgan fingerprint density at radius 1 is 0.919 bits per heavy atom. The Morgan fingerprint density at radius 2 is 1.51 bits per heavy atom. The Hall–Kier alpha value is -3.71. The molecule has 0 saturated carbocycles. The number of ketones is 1. The lowest BCUT2D eigenvalue weighted by Gasteiger charge is -2.26. The number of nitriles is 1. The van der Waals surface area contributed by atoms with Crippen LogP contribution in [0.25, 0.3) is 0 Å². The van der Waals surface area contributed by atoms with Crippen LogP contribution in [0, 0.1) is 11.3 Å². The van der Waals surface area contributed by atoms with E-state index in [0.717, 1.165) is 22.5 Å². The Labute approximate surface area is 221 Å². The van der Waals surface area contributed by atoms with Crippen LogP contribution in [0.1, 0.15) is 67.2 Å². The quantitative estimate of drug-likeness (QED) is 0.472. The molecule has 0 fully saturated rings. The van der Waals surface area contributed by atoms with Crippen LogP contribution in [0.2, 0.25) is 0 Å². The first-order chi connectivity index (χ1) is 17.1. The van der Waals surface area contributed by atoms with Gasteiger partial charge in [-0.3, -0.25) is 9.59 Å². The van der Waals surface area contributed by atoms with Crippen molar-refractivity contribution in [1.82, 2.24) is 10.6 Å². The molecule has 37 heavy (non-hydrogen) atoms. The summed E-state index contributed by atoms with van der Waals surface area (Å²) < 4.78 is 10.7. The van der Waals surface area contributed by atoms with Gasteiger partial charge in [0.15, 0.2) is 5.78 Å². The van der Waals surface area contributed by atoms with Crippen LogP contribution in [0.5, 0.6) is 0 Å². The molecular formula is C27H33N3O6S. The molecule has 0 aliphatic rings. The van der Waals surface area contributed by atoms with Gasteiger partial charge in [0.05, 0.1) is 11.4 Å². The fraction of sp³-hybridized carbons (Fsp3) is 0.444. The number of carbonyl (C=O) groups is 4. The number of esters is 1. The predicted molar refractivity (Wildman–Crippen MR) is 139 cm³/mol. The first-order valence-corrected chi connectivity index (χ1v) is 12.6. The molecule has 1 atom stereocenters. The van der Waals surface area contributed by atoms with Crippen molar-refractivity contribution in [1.29, 1.82) is 5.26 Å². The number of benzene rings is 1. The summed E-state index contributed by atoms with van der Waals surface area (Å²) in [4.78, 5) is 50.3. The Bertz CT molecular complexity index is 1170. The van der Waals surface area contributed by atoms with Crippen molar-refractivity contribution in [2.45, 2.75) is 71.6 Å². The SMILES string of the molecule is CC(C)(C)OC(=O)N[C@@H](Cc1ccc(CC(=O)CNC(=O)c2ccc(C#N)s2)cc1)C(=O)OC(C)(C)C. The summed E-state index contributed by atoms with van der Waals surface area (Å²) in [6.07, 6.45) is -0.441. The number of hydrogen-bond acceptors (Lipinski definition) is 8. The summed E-state index contributed by atoms with van der Waals surface area (Å²) in [6.45, 7) is 10.3. The van der Waals surface area contributed by atoms with Gasteiger partial charge in [0.25, 0.3) is 5.91 Å². The molecule has 0 spiro atoms. The summed E-state index contributed by atoms with van der Waals surface area (Å²) >= 11 is 1.06. The van der Waals surface area contributed by atoms with Gasteiger partial charge in [0, 0.05) is 12.8 Å². The molecule has 2 rings (SSSR count). The summed E-state index contributed by atoms with van der Waals surface area (Å²) in [5.74, 6) is -1.17. The maximum atomic E-state index is 12.7. The zero-order valence-corrected chi connectivity index (χ0v) is 22.8. The van der Waals surface area contributed by atoms with Crippen molar-refractivity contribution in [3.8, 4) is 6.07 Å². The van der Waals surface area contributed by atoms with Gasteiger partial charge in [-0.15, -0.1) is 11.3 Å². The maximum absolute atomic E-state index is 12.7. The number of nitrogens with zero attached hydrogens (tertiary/aromatic N) is 1. The second-order valence-electron chi connectivity index (χ2n) is 10.4. The minimum Gasteiger partial charge on any atom is -0.458 e. The second-order valence-corrected chi connectivity index (χ2v) is 11.5. The predicted octanol–water partition coefficient (Wildman–Crippen LogP) is 3.94. The highest BCUT2D eigenvalue weighted by atomic mass is 32.1. The Kier molecular flexibility index (Phi) is 9.97. The first-order valence-electron chi connectivity index (χ1n) is 11.8. The van der Waals surface area contributed by atoms with E-state index in [1.807, 2.05) is 6.07 Å². The number of nitrogens with one attached hydrogen (secondary N) is 2. The molecule has 198 valence electrons. The van der Waals surface area contributed by atoms with E-state index in [-0.39, 0.29) is 25.2 Å². The number of amides is 2. The monoisotopic (exact) mass is 527 g/mol. The first kappa shape index (κ1) is 29.5. The van der Waals surface area contributed by atoms with Gasteiger partial charge in [-0.25, -0.2) is 9.59 Å². The molecule has 0 bridgehead atoms. The van der Waals surface area contributed by atoms with E-state index in [0.29, 0.717) is 9.75 Å². The fourth-order valence-electron chi connectivity index (χ4n) is 3.12. The highest BCUT2D eigenvalue weighted by Gasteiger charge is 2.29. The van der Waals surface area contributed by atoms with Gasteiger partial charge in [0.2, 0.25) is 0 Å². The summed E-state index contributed by atoms with van der Waals surface area (Å²) in [7, 11) is 0. The molecule has 2 amide bonds. The number of hydrogen-bond donors (Lipinski definition) is 2. The van der Waals surface area contributed by atoms with Gasteiger partial charge >= 0.3 is 12.1 Å². The van der Waals surface area contributed by atoms with E-state index in [1.165, 1.54) is 0 Å². The fourth-order valence-corrected chi connectivity index (χ4v) is 3.84. The van der Waals surface area contributed by atoms with Crippen molar-refractivity contribution in [3.05, 3.63) is 57.3 Å². The smallest absolute Gasteiger partial charge is 0.408 e. The molecule has 2 N–H and O–H groups in total. The summed E-state index contributed by atoms with van der Waals surface area (Å²) in [5, 5.41) is 14.0. The summed E-state index contributed by atoms with van der Waals surface area (Å²) in [6, 6.07) is 11.2. The van der Waals surface area contributed by atoms with Crippen molar-refractivity contribution >= 4 is 35.1 Å². The molecule has 9 nitrogen and oxygen atoms in total. The molecule has 0 unspecified atom stereocenters. The largest absolute Gasteiger partial charge is 0.458 e. The molecule has 0 radical (unpaired) electrons. The van der Waals surface area contributed by atoms with Gasteiger partial charge < -0.3 is 20.1 Å². The zero-order chi connectivity index (χ0) is 27.8. The maximum Gasteiger partial charge on any atom is 0.408 e. The van der Waals surface area contributed by atoms with Crippen LogP contribution < -0.4 is 10.6 Å². The number of alkyl carbamates (subject to hydrolysis) is 1. The molecular weight excluding hydrogens is 494 g/mol. The Balaban J connectivity index is 1.97. The van der Waals surface area contributed by atoms with Crippen molar-refractivity contribution < 1.29 is 28.7 Å². The molecule has 0 saturated heterocycles. The second kappa shape index (κ2) is 12.5.